The van der Waals surface area contributed by atoms with E-state index in [-0.39, 0.29) is 5.91 Å². The summed E-state index contributed by atoms with van der Waals surface area (Å²) in [4.78, 5) is 110. The Hall–Kier alpha value is -8.54. The number of fused-ring (bicyclic) bond motifs is 8. The van der Waals surface area contributed by atoms with E-state index in [2.05, 4.69) is 142 Å². The van der Waals surface area contributed by atoms with Crippen LogP contribution in [-0.4, -0.2) is 224 Å². The van der Waals surface area contributed by atoms with Crippen LogP contribution in [0.15, 0.2) is 123 Å². The van der Waals surface area contributed by atoms with Gasteiger partial charge in [0.2, 0.25) is 29.5 Å². The third kappa shape index (κ3) is 18.9. The molecule has 5 aliphatic heterocycles. The molecule has 10 fully saturated rings. The van der Waals surface area contributed by atoms with Crippen LogP contribution in [0.4, 0.5) is 11.6 Å². The molecule has 5 saturated carbocycles. The molecule has 5 saturated heterocycles. The minimum absolute atomic E-state index is 0.251. The van der Waals surface area contributed by atoms with E-state index in [4.69, 9.17) is 11.6 Å². The third-order valence-corrected chi connectivity index (χ3v) is 25.6. The fraction of sp³-hybridized carbons (Fsp3) is 0.573. The van der Waals surface area contributed by atoms with Crippen molar-refractivity contribution in [2.24, 2.45) is 65.1 Å². The molecule has 10 aliphatic rings. The Balaban J connectivity index is 0.000000119. The molecule has 0 bridgehead atoms. The quantitative estimate of drug-likeness (QED) is 0.0981. The Bertz CT molecular complexity index is 4040. The molecule has 5 aliphatic carbocycles. The van der Waals surface area contributed by atoms with Gasteiger partial charge in [-0.1, -0.05) is 91.7 Å². The highest BCUT2D eigenvalue weighted by Gasteiger charge is 2.46. The van der Waals surface area contributed by atoms with Gasteiger partial charge < -0.3 is 54.6 Å². The van der Waals surface area contributed by atoms with Gasteiger partial charge in [0.1, 0.15) is 52.7 Å². The minimum Gasteiger partial charge on any atom is -0.356 e. The van der Waals surface area contributed by atoms with Crippen molar-refractivity contribution >= 4 is 85.9 Å². The first-order valence-electron chi connectivity index (χ1n) is 38.7. The molecule has 2 aromatic carbocycles. The first-order chi connectivity index (χ1) is 51.1. The predicted octanol–water partition coefficient (Wildman–Crippen LogP) is 11.3. The van der Waals surface area contributed by atoms with Crippen molar-refractivity contribution in [3.05, 3.63) is 133 Å². The molecule has 11 heterocycles. The average Bonchev–Trinajstić information content (AvgIpc) is 1.61. The smallest absolute Gasteiger partial charge is 0.222 e. The van der Waals surface area contributed by atoms with Crippen LogP contribution >= 0.6 is 11.6 Å². The number of likely N-dealkylation sites (tertiary alicyclic amines) is 4. The van der Waals surface area contributed by atoms with Crippen LogP contribution in [0.5, 0.6) is 0 Å². The highest BCUT2D eigenvalue weighted by atomic mass is 35.5. The topological polar surface area (TPSA) is 248 Å². The molecule has 24 heteroatoms. The van der Waals surface area contributed by atoms with E-state index >= 15 is 0 Å². The van der Waals surface area contributed by atoms with Crippen molar-refractivity contribution in [3.63, 3.8) is 0 Å². The zero-order valence-electron chi connectivity index (χ0n) is 63.9. The number of nitrogens with one attached hydrogen (secondary N) is 4. The van der Waals surface area contributed by atoms with Crippen LogP contribution in [0.2, 0.25) is 5.15 Å². The molecule has 23 nitrogen and oxygen atoms in total. The number of benzene rings is 2. The molecule has 6 aromatic heterocycles. The molecule has 0 spiro atoms. The lowest BCUT2D eigenvalue weighted by Gasteiger charge is -2.31. The summed E-state index contributed by atoms with van der Waals surface area (Å²) in [7, 11) is 18.4. The number of hydrogen-bond donors (Lipinski definition) is 4. The molecule has 5 amide bonds. The molecule has 568 valence electrons. The largest absolute Gasteiger partial charge is 0.356 e. The number of carbonyl (C=O) groups excluding carboxylic acids is 5. The van der Waals surface area contributed by atoms with Gasteiger partial charge >= 0.3 is 0 Å². The Kier molecular flexibility index (Phi) is 25.8. The van der Waals surface area contributed by atoms with Crippen LogP contribution in [0.1, 0.15) is 115 Å². The van der Waals surface area contributed by atoms with Crippen molar-refractivity contribution in [2.75, 3.05) is 106 Å². The van der Waals surface area contributed by atoms with Gasteiger partial charge in [0.05, 0.1) is 16.2 Å². The average molecular weight is 1470 g/mol. The van der Waals surface area contributed by atoms with Crippen molar-refractivity contribution in [1.29, 1.82) is 0 Å². The maximum absolute atomic E-state index is 11.9. The number of nitrogens with zero attached hydrogens (tertiary/aromatic N) is 14. The second-order valence-electron chi connectivity index (χ2n) is 32.3. The van der Waals surface area contributed by atoms with E-state index in [1.54, 1.807) is 18.9 Å². The highest BCUT2D eigenvalue weighted by molar-refractivity contribution is 6.33. The summed E-state index contributed by atoms with van der Waals surface area (Å²) < 4.78 is 0. The zero-order chi connectivity index (χ0) is 74.7. The third-order valence-electron chi connectivity index (χ3n) is 25.3. The monoisotopic (exact) mass is 1460 g/mol. The van der Waals surface area contributed by atoms with Gasteiger partial charge in [-0.3, -0.25) is 28.9 Å². The highest BCUT2D eigenvalue weighted by Crippen LogP contribution is 2.46. The molecule has 15 atom stereocenters. The summed E-state index contributed by atoms with van der Waals surface area (Å²) in [6, 6.07) is 30.8. The number of aromatic nitrogens is 9. The first-order valence-corrected chi connectivity index (χ1v) is 39.1. The standard InChI is InChI=1S/C17H24N2O.2C16H21N5O.C11H19NO.C10H18N2O.C6H4ClN3.C6H6/c1-18(11-13-6-4-3-5-7-13)16-8-14-10-17(20)19(2)12-15(14)9-16;2*1-20-8-11-6-12(5-10(11)7-14(20)22)21(2)16-13-3-4-17-15(13)18-9-19-16;1-3-8-4-9-6-11(13)12(2)7-10(9)5-8;1-12(2)9-3-7-5-10(13)11-6-8(7)4-9;7-5-4-1-2-8-6(4)10-3-9-5;1-2-4-6-5-3-1/h3-7,14-16H,8-12H2,1-2H3;2*3-4,9-12H,5-8H2,1-2H3,(H,17,18,19);8-10H,3-7H2,1-2H3;7-9H,3-6H2,1-2H3,(H,11,13);1-3H,(H,8,9,10);1-6H/t14-,15+,16?;2*10-,11+,12-;8?,9-,10+;7-,8+,9?;;/m01100../s1. The Morgan fingerprint density at radius 1 is 0.415 bits per heavy atom. The number of aromatic amines is 3. The van der Waals surface area contributed by atoms with Gasteiger partial charge in [-0.2, -0.15) is 0 Å². The van der Waals surface area contributed by atoms with Crippen molar-refractivity contribution in [1.82, 2.24) is 79.6 Å². The fourth-order valence-corrected chi connectivity index (χ4v) is 19.1. The Morgan fingerprint density at radius 3 is 1.23 bits per heavy atom. The number of amides is 5. The summed E-state index contributed by atoms with van der Waals surface area (Å²) in [6.45, 7) is 7.96. The van der Waals surface area contributed by atoms with Crippen LogP contribution < -0.4 is 15.1 Å². The summed E-state index contributed by atoms with van der Waals surface area (Å²) in [6.07, 6.45) is 27.3. The van der Waals surface area contributed by atoms with Crippen LogP contribution in [0, 0.1) is 65.1 Å². The maximum atomic E-state index is 11.9. The van der Waals surface area contributed by atoms with E-state index in [1.807, 2.05) is 115 Å². The SMILES string of the molecule is CCC1C[C@H]2CC(=O)N(C)C[C@H]2C1.CN(C)C1C[C@H]2CC(=O)NC[C@H]2C1.CN1C[C@@H]2C[C@H](N(C)c3ncnc4[nH]ccc34)C[C@@H]2CC1=O.CN1C[C@@H]2C[C@H](N(C)c3ncnc4[nH]ccc34)C[C@@H]2CC1=O.CN1C[C@H]2CC(N(C)Cc3ccccc3)C[C@H]2CC1=O.Clc1ncnc2[nH]ccc12.c1ccccc1. The molecule has 4 N–H and O–H groups in total. The Labute approximate surface area is 630 Å². The van der Waals surface area contributed by atoms with Gasteiger partial charge in [-0.05, 0) is 174 Å². The second kappa shape index (κ2) is 35.5. The summed E-state index contributed by atoms with van der Waals surface area (Å²) in [5, 5.41) is 6.44. The van der Waals surface area contributed by atoms with E-state index < -0.39 is 0 Å². The normalized spacial score (nSPS) is 28.4. The molecule has 18 rings (SSSR count). The summed E-state index contributed by atoms with van der Waals surface area (Å²) >= 11 is 5.73. The van der Waals surface area contributed by atoms with E-state index in [9.17, 15) is 24.0 Å². The van der Waals surface area contributed by atoms with Crippen molar-refractivity contribution < 1.29 is 24.0 Å². The van der Waals surface area contributed by atoms with Crippen LogP contribution in [0.25, 0.3) is 33.1 Å². The number of H-pyrrole nitrogens is 3. The van der Waals surface area contributed by atoms with Gasteiger partial charge in [0, 0.05) is 156 Å². The van der Waals surface area contributed by atoms with Crippen molar-refractivity contribution in [3.8, 4) is 0 Å². The molecule has 0 radical (unpaired) electrons. The van der Waals surface area contributed by atoms with Gasteiger partial charge in [-0.25, -0.2) is 29.9 Å². The van der Waals surface area contributed by atoms with Crippen molar-refractivity contribution in [2.45, 2.75) is 140 Å². The number of piperidine rings is 5. The van der Waals surface area contributed by atoms with Crippen LogP contribution in [0.3, 0.4) is 0 Å². The van der Waals surface area contributed by atoms with E-state index in [1.165, 1.54) is 56.8 Å². The molecule has 3 unspecified atom stereocenters. The van der Waals surface area contributed by atoms with Gasteiger partial charge in [0.25, 0.3) is 0 Å². The molecular weight excluding hydrogens is 1350 g/mol. The minimum atomic E-state index is 0.251. The molecular formula is C82H113ClN18O5. The number of anilines is 2. The summed E-state index contributed by atoms with van der Waals surface area (Å²) in [5.41, 5.74) is 3.91. The lowest BCUT2D eigenvalue weighted by atomic mass is 9.88. The zero-order valence-corrected chi connectivity index (χ0v) is 64.7. The van der Waals surface area contributed by atoms with E-state index in [0.29, 0.717) is 113 Å². The lowest BCUT2D eigenvalue weighted by Crippen LogP contribution is -2.39. The number of carbonyl (C=O) groups is 5. The maximum Gasteiger partial charge on any atom is 0.222 e. The predicted molar refractivity (Wildman–Crippen MR) is 418 cm³/mol. The number of halogens is 1. The van der Waals surface area contributed by atoms with E-state index in [0.717, 1.165) is 147 Å². The van der Waals surface area contributed by atoms with Gasteiger partial charge in [0.15, 0.2) is 0 Å². The number of hydrogen-bond acceptors (Lipinski definition) is 15. The molecule has 8 aromatic rings. The molecule has 106 heavy (non-hydrogen) atoms. The van der Waals surface area contributed by atoms with Gasteiger partial charge in [-0.15, -0.1) is 0 Å². The second-order valence-corrected chi connectivity index (χ2v) is 32.6. The summed E-state index contributed by atoms with van der Waals surface area (Å²) in [5.74, 6) is 10.9. The first kappa shape index (κ1) is 77.1. The van der Waals surface area contributed by atoms with Crippen LogP contribution in [-0.2, 0) is 30.5 Å². The Morgan fingerprint density at radius 2 is 0.774 bits per heavy atom. The number of rotatable bonds is 9. The fourth-order valence-electron chi connectivity index (χ4n) is 18.9. The lowest BCUT2D eigenvalue weighted by molar-refractivity contribution is -0.135.